The summed E-state index contributed by atoms with van der Waals surface area (Å²) in [5.74, 6) is -0.197. The minimum Gasteiger partial charge on any atom is -0.365 e. The molecule has 9 heteroatoms. The van der Waals surface area contributed by atoms with Crippen molar-refractivity contribution >= 4 is 44.6 Å². The summed E-state index contributed by atoms with van der Waals surface area (Å²) in [5, 5.41) is 4.05. The first kappa shape index (κ1) is 11.4. The smallest absolute Gasteiger partial charge is 0.365 e. The second-order valence-electron chi connectivity index (χ2n) is 2.78. The van der Waals surface area contributed by atoms with Gasteiger partial charge >= 0.3 is 10.4 Å². The van der Waals surface area contributed by atoms with Crippen molar-refractivity contribution in [3.05, 3.63) is 27.8 Å². The Balaban J connectivity index is 2.41. The van der Waals surface area contributed by atoms with Gasteiger partial charge in [-0.15, -0.1) is 4.28 Å². The fourth-order valence-corrected chi connectivity index (χ4v) is 2.11. The van der Waals surface area contributed by atoms with Crippen molar-refractivity contribution in [3.63, 3.8) is 0 Å². The maximum absolute atomic E-state index is 11.0. The summed E-state index contributed by atoms with van der Waals surface area (Å²) in [6, 6.07) is 6.89. The van der Waals surface area contributed by atoms with Gasteiger partial charge in [0.15, 0.2) is 0 Å². The molecule has 1 aromatic carbocycles. The van der Waals surface area contributed by atoms with E-state index in [1.165, 1.54) is 0 Å². The number of anilines is 1. The van der Waals surface area contributed by atoms with E-state index in [4.69, 9.17) is 5.73 Å². The van der Waals surface area contributed by atoms with Crippen LogP contribution in [-0.4, -0.2) is 14.4 Å². The fourth-order valence-electron chi connectivity index (χ4n) is 1.04. The highest BCUT2D eigenvalue weighted by Crippen LogP contribution is 2.21. The van der Waals surface area contributed by atoms with Crippen molar-refractivity contribution in [2.75, 3.05) is 5.06 Å². The van der Waals surface area contributed by atoms with Gasteiger partial charge in [-0.1, -0.05) is 6.07 Å². The lowest BCUT2D eigenvalue weighted by Gasteiger charge is -2.23. The average molecular weight is 355 g/mol. The lowest BCUT2D eigenvalue weighted by molar-refractivity contribution is 0.202. The number of guanidine groups is 1. The number of nitrogens with zero attached hydrogens (tertiary/aromatic N) is 2. The van der Waals surface area contributed by atoms with E-state index >= 15 is 0 Å². The Bertz CT molecular complexity index is 544. The minimum absolute atomic E-state index is 0.197. The molecule has 0 aliphatic carbocycles. The summed E-state index contributed by atoms with van der Waals surface area (Å²) in [6.07, 6.45) is 0. The molecule has 1 aliphatic heterocycles. The highest BCUT2D eigenvalue weighted by molar-refractivity contribution is 14.1. The van der Waals surface area contributed by atoms with Crippen molar-refractivity contribution < 1.29 is 17.0 Å². The van der Waals surface area contributed by atoms with Gasteiger partial charge in [-0.25, -0.2) is 4.28 Å². The van der Waals surface area contributed by atoms with E-state index in [1.807, 2.05) is 6.07 Å². The minimum atomic E-state index is -4.17. The van der Waals surface area contributed by atoms with Gasteiger partial charge in [0.25, 0.3) is 5.96 Å². The van der Waals surface area contributed by atoms with Crippen molar-refractivity contribution in [1.29, 1.82) is 0 Å². The van der Waals surface area contributed by atoms with Crippen molar-refractivity contribution in [2.24, 2.45) is 10.9 Å². The van der Waals surface area contributed by atoms with Gasteiger partial charge in [0.1, 0.15) is 0 Å². The van der Waals surface area contributed by atoms with Crippen LogP contribution in [0.25, 0.3) is 0 Å². The molecule has 1 heterocycles. The second-order valence-corrected chi connectivity index (χ2v) is 5.14. The Morgan fingerprint density at radius 2 is 2.19 bits per heavy atom. The summed E-state index contributed by atoms with van der Waals surface area (Å²) in [6.45, 7) is 0. The number of nitrogens with two attached hydrogens (primary N) is 1. The SMILES string of the molecule is NC1=NOS(=O)(=O)ON1c1cccc(I)c1. The van der Waals surface area contributed by atoms with Crippen molar-refractivity contribution in [3.8, 4) is 0 Å². The highest BCUT2D eigenvalue weighted by Gasteiger charge is 2.28. The number of oxime groups is 1. The van der Waals surface area contributed by atoms with E-state index in [0.717, 1.165) is 8.63 Å². The number of hydroxylamine groups is 1. The maximum Gasteiger partial charge on any atom is 0.491 e. The first-order chi connectivity index (χ1) is 7.48. The zero-order chi connectivity index (χ0) is 11.8. The molecule has 86 valence electrons. The molecule has 0 saturated heterocycles. The Kier molecular flexibility index (Phi) is 2.90. The molecule has 7 nitrogen and oxygen atoms in total. The Labute approximate surface area is 105 Å². The Morgan fingerprint density at radius 3 is 2.88 bits per heavy atom. The average Bonchev–Trinajstić information content (AvgIpc) is 2.22. The van der Waals surface area contributed by atoms with Crippen LogP contribution in [0.3, 0.4) is 0 Å². The van der Waals surface area contributed by atoms with Crippen LogP contribution in [0.1, 0.15) is 0 Å². The van der Waals surface area contributed by atoms with Gasteiger partial charge in [-0.05, 0) is 45.9 Å². The highest BCUT2D eigenvalue weighted by atomic mass is 127. The predicted octanol–water partition coefficient (Wildman–Crippen LogP) is 0.534. The van der Waals surface area contributed by atoms with E-state index in [2.05, 4.69) is 36.3 Å². The summed E-state index contributed by atoms with van der Waals surface area (Å²) in [4.78, 5) is 0. The number of halogens is 1. The molecule has 1 aromatic rings. The quantitative estimate of drug-likeness (QED) is 0.739. The largest absolute Gasteiger partial charge is 0.491 e. The molecule has 1 aliphatic rings. The molecule has 0 radical (unpaired) electrons. The van der Waals surface area contributed by atoms with Crippen LogP contribution < -0.4 is 10.8 Å². The Morgan fingerprint density at radius 1 is 1.44 bits per heavy atom. The first-order valence-corrected chi connectivity index (χ1v) is 6.41. The molecular formula is C7H6IN3O4S. The maximum atomic E-state index is 11.0. The zero-order valence-electron chi connectivity index (χ0n) is 7.70. The third kappa shape index (κ3) is 2.36. The van der Waals surface area contributed by atoms with Gasteiger partial charge in [-0.3, -0.25) is 0 Å². The fraction of sp³-hybridized carbons (Fsp3) is 0. The third-order valence-corrected chi connectivity index (χ3v) is 2.90. The summed E-state index contributed by atoms with van der Waals surface area (Å²) in [7, 11) is -4.17. The van der Waals surface area contributed by atoms with E-state index in [9.17, 15) is 8.42 Å². The first-order valence-electron chi connectivity index (χ1n) is 4.00. The second kappa shape index (κ2) is 4.07. The van der Waals surface area contributed by atoms with Gasteiger partial charge < -0.3 is 5.73 Å². The predicted molar refractivity (Wildman–Crippen MR) is 64.4 cm³/mol. The number of hydrogen-bond donors (Lipinski definition) is 1. The van der Waals surface area contributed by atoms with Crippen LogP contribution in [0, 0.1) is 3.57 Å². The van der Waals surface area contributed by atoms with Crippen LogP contribution in [0.2, 0.25) is 0 Å². The molecule has 0 fully saturated rings. The van der Waals surface area contributed by atoms with E-state index in [0.29, 0.717) is 5.69 Å². The standard InChI is InChI=1S/C7H6IN3O4S/c8-5-2-1-3-6(4-5)11-7(9)10-14-16(12,13)15-11/h1-4H,(H2,9,10). The van der Waals surface area contributed by atoms with Crippen molar-refractivity contribution in [1.82, 2.24) is 0 Å². The van der Waals surface area contributed by atoms with E-state index in [1.54, 1.807) is 18.2 Å². The van der Waals surface area contributed by atoms with Crippen LogP contribution in [-0.2, 0) is 19.0 Å². The van der Waals surface area contributed by atoms with Crippen LogP contribution in [0.15, 0.2) is 29.4 Å². The third-order valence-electron chi connectivity index (χ3n) is 1.64. The van der Waals surface area contributed by atoms with Gasteiger partial charge in [-0.2, -0.15) is 13.5 Å². The number of benzene rings is 1. The van der Waals surface area contributed by atoms with Crippen LogP contribution in [0.4, 0.5) is 5.69 Å². The lowest BCUT2D eigenvalue weighted by Crippen LogP contribution is -2.42. The topological polar surface area (TPSA) is 94.2 Å². The van der Waals surface area contributed by atoms with Gasteiger partial charge in [0.2, 0.25) is 0 Å². The molecule has 0 aromatic heterocycles. The number of rotatable bonds is 1. The summed E-state index contributed by atoms with van der Waals surface area (Å²) in [5.41, 5.74) is 5.89. The Hall–Kier alpha value is -1.07. The molecule has 16 heavy (non-hydrogen) atoms. The lowest BCUT2D eigenvalue weighted by atomic mass is 10.3. The molecule has 0 amide bonds. The summed E-state index contributed by atoms with van der Waals surface area (Å²) < 4.78 is 31.5. The molecular weight excluding hydrogens is 349 g/mol. The molecule has 0 atom stereocenters. The molecule has 0 spiro atoms. The normalized spacial score (nSPS) is 18.8. The van der Waals surface area contributed by atoms with Crippen LogP contribution >= 0.6 is 22.6 Å². The molecule has 0 bridgehead atoms. The molecule has 2 N–H and O–H groups in total. The van der Waals surface area contributed by atoms with Gasteiger partial charge in [0, 0.05) is 3.57 Å². The molecule has 0 unspecified atom stereocenters. The zero-order valence-corrected chi connectivity index (χ0v) is 10.7. The molecule has 0 saturated carbocycles. The monoisotopic (exact) mass is 355 g/mol. The molecule has 2 rings (SSSR count). The van der Waals surface area contributed by atoms with Crippen molar-refractivity contribution in [2.45, 2.75) is 0 Å². The van der Waals surface area contributed by atoms with E-state index in [-0.39, 0.29) is 5.96 Å². The van der Waals surface area contributed by atoms with Gasteiger partial charge in [0.05, 0.1) is 5.69 Å². The van der Waals surface area contributed by atoms with E-state index < -0.39 is 10.4 Å². The van der Waals surface area contributed by atoms with Crippen LogP contribution in [0.5, 0.6) is 0 Å². The number of hydrogen-bond acceptors (Lipinski definition) is 7. The summed E-state index contributed by atoms with van der Waals surface area (Å²) >= 11 is 2.07.